The summed E-state index contributed by atoms with van der Waals surface area (Å²) < 4.78 is 29.9. The third-order valence-electron chi connectivity index (χ3n) is 5.03. The van der Waals surface area contributed by atoms with Gasteiger partial charge < -0.3 is 0 Å². The van der Waals surface area contributed by atoms with E-state index >= 15 is 0 Å². The van der Waals surface area contributed by atoms with Crippen molar-refractivity contribution < 1.29 is 8.42 Å². The molecule has 0 amide bonds. The minimum absolute atomic E-state index is 0.0182. The third-order valence-corrected chi connectivity index (χ3v) is 6.67. The van der Waals surface area contributed by atoms with Crippen LogP contribution in [-0.2, 0) is 16.8 Å². The van der Waals surface area contributed by atoms with E-state index in [1.165, 1.54) is 5.56 Å². The molecule has 0 radical (unpaired) electrons. The number of nitrogens with zero attached hydrogens (tertiary/aromatic N) is 2. The van der Waals surface area contributed by atoms with Crippen molar-refractivity contribution in [3.05, 3.63) is 35.9 Å². The molecule has 24 heavy (non-hydrogen) atoms. The molecular weight excluding hydrogens is 322 g/mol. The van der Waals surface area contributed by atoms with Crippen LogP contribution in [0.15, 0.2) is 30.3 Å². The number of likely N-dealkylation sites (tertiary alicyclic amines) is 1. The van der Waals surface area contributed by atoms with Gasteiger partial charge in [0.15, 0.2) is 0 Å². The summed E-state index contributed by atoms with van der Waals surface area (Å²) in [5, 5.41) is 0. The summed E-state index contributed by atoms with van der Waals surface area (Å²) in [6.07, 6.45) is 4.05. The van der Waals surface area contributed by atoms with E-state index in [1.54, 1.807) is 4.31 Å². The lowest BCUT2D eigenvalue weighted by Crippen LogP contribution is -2.53. The van der Waals surface area contributed by atoms with Crippen LogP contribution in [0.5, 0.6) is 0 Å². The number of nitrogens with one attached hydrogen (secondary N) is 1. The summed E-state index contributed by atoms with van der Waals surface area (Å²) in [5.74, 6) is 0.455. The molecule has 2 saturated heterocycles. The SMILES string of the molecule is C[C@H]1CCCN(S(=O)(=O)N[C@@H]2CCCN(Cc3ccccc3)C2)C1. The molecule has 2 heterocycles. The molecule has 0 aliphatic carbocycles. The summed E-state index contributed by atoms with van der Waals surface area (Å²) in [4.78, 5) is 2.35. The predicted molar refractivity (Wildman–Crippen MR) is 96.8 cm³/mol. The number of benzene rings is 1. The first-order valence-corrected chi connectivity index (χ1v) is 10.5. The molecule has 0 bridgehead atoms. The Morgan fingerprint density at radius 3 is 2.58 bits per heavy atom. The highest BCUT2D eigenvalue weighted by atomic mass is 32.2. The zero-order valence-electron chi connectivity index (χ0n) is 14.5. The summed E-state index contributed by atoms with van der Waals surface area (Å²) in [7, 11) is -3.36. The smallest absolute Gasteiger partial charge is 0.279 e. The van der Waals surface area contributed by atoms with Crippen molar-refractivity contribution in [1.82, 2.24) is 13.9 Å². The topological polar surface area (TPSA) is 52.7 Å². The Morgan fingerprint density at radius 1 is 1.08 bits per heavy atom. The lowest BCUT2D eigenvalue weighted by atomic mass is 10.0. The van der Waals surface area contributed by atoms with Crippen LogP contribution < -0.4 is 4.72 Å². The van der Waals surface area contributed by atoms with Gasteiger partial charge in [0, 0.05) is 32.2 Å². The van der Waals surface area contributed by atoms with Gasteiger partial charge in [-0.2, -0.15) is 17.4 Å². The van der Waals surface area contributed by atoms with E-state index in [2.05, 4.69) is 40.8 Å². The Morgan fingerprint density at radius 2 is 1.83 bits per heavy atom. The second kappa shape index (κ2) is 7.95. The van der Waals surface area contributed by atoms with Gasteiger partial charge in [-0.25, -0.2) is 0 Å². The fourth-order valence-electron chi connectivity index (χ4n) is 3.79. The highest BCUT2D eigenvalue weighted by Gasteiger charge is 2.30. The summed E-state index contributed by atoms with van der Waals surface area (Å²) in [6.45, 7) is 6.14. The molecule has 6 heteroatoms. The number of hydrogen-bond donors (Lipinski definition) is 1. The molecule has 3 rings (SSSR count). The molecule has 2 aliphatic rings. The zero-order valence-corrected chi connectivity index (χ0v) is 15.3. The maximum atomic E-state index is 12.7. The lowest BCUT2D eigenvalue weighted by molar-refractivity contribution is 0.191. The van der Waals surface area contributed by atoms with Gasteiger partial charge in [-0.3, -0.25) is 4.90 Å². The van der Waals surface area contributed by atoms with E-state index < -0.39 is 10.2 Å². The second-order valence-corrected chi connectivity index (χ2v) is 8.99. The van der Waals surface area contributed by atoms with Crippen LogP contribution in [0.1, 0.15) is 38.2 Å². The quantitative estimate of drug-likeness (QED) is 0.885. The highest BCUT2D eigenvalue weighted by molar-refractivity contribution is 7.87. The predicted octanol–water partition coefficient (Wildman–Crippen LogP) is 2.22. The Bertz CT molecular complexity index is 620. The van der Waals surface area contributed by atoms with Crippen LogP contribution in [-0.4, -0.2) is 49.8 Å². The Balaban J connectivity index is 1.56. The van der Waals surface area contributed by atoms with Crippen LogP contribution in [0, 0.1) is 5.92 Å². The average Bonchev–Trinajstić information content (AvgIpc) is 2.56. The molecule has 2 atom stereocenters. The van der Waals surface area contributed by atoms with Crippen molar-refractivity contribution in [1.29, 1.82) is 0 Å². The van der Waals surface area contributed by atoms with Crippen molar-refractivity contribution in [3.63, 3.8) is 0 Å². The van der Waals surface area contributed by atoms with Crippen LogP contribution in [0.3, 0.4) is 0 Å². The third kappa shape index (κ3) is 4.79. The molecule has 0 unspecified atom stereocenters. The molecule has 0 saturated carbocycles. The first-order chi connectivity index (χ1) is 11.5. The Kier molecular flexibility index (Phi) is 5.92. The van der Waals surface area contributed by atoms with Crippen molar-refractivity contribution in [2.24, 2.45) is 5.92 Å². The highest BCUT2D eigenvalue weighted by Crippen LogP contribution is 2.19. The molecule has 1 aromatic carbocycles. The minimum atomic E-state index is -3.36. The molecule has 134 valence electrons. The van der Waals surface area contributed by atoms with Gasteiger partial charge in [0.05, 0.1) is 0 Å². The first-order valence-electron chi connectivity index (χ1n) is 9.06. The Hall–Kier alpha value is -0.950. The fourth-order valence-corrected chi connectivity index (χ4v) is 5.37. The van der Waals surface area contributed by atoms with E-state index in [0.717, 1.165) is 45.3 Å². The van der Waals surface area contributed by atoms with Gasteiger partial charge in [-0.05, 0) is 43.7 Å². The van der Waals surface area contributed by atoms with Crippen LogP contribution in [0.25, 0.3) is 0 Å². The van der Waals surface area contributed by atoms with Crippen molar-refractivity contribution in [3.8, 4) is 0 Å². The van der Waals surface area contributed by atoms with Crippen molar-refractivity contribution >= 4 is 10.2 Å². The lowest BCUT2D eigenvalue weighted by Gasteiger charge is -2.36. The van der Waals surface area contributed by atoms with Crippen LogP contribution >= 0.6 is 0 Å². The molecule has 0 spiro atoms. The average molecular weight is 352 g/mol. The van der Waals surface area contributed by atoms with E-state index in [9.17, 15) is 8.42 Å². The molecule has 2 fully saturated rings. The van der Waals surface area contributed by atoms with Crippen molar-refractivity contribution in [2.75, 3.05) is 26.2 Å². The normalized spacial score (nSPS) is 27.2. The maximum absolute atomic E-state index is 12.7. The summed E-state index contributed by atoms with van der Waals surface area (Å²) in [5.41, 5.74) is 1.28. The molecule has 0 aromatic heterocycles. The van der Waals surface area contributed by atoms with Crippen molar-refractivity contribution in [2.45, 2.75) is 45.2 Å². The first kappa shape index (κ1) is 17.9. The molecule has 1 N–H and O–H groups in total. The van der Waals surface area contributed by atoms with E-state index in [1.807, 2.05) is 6.07 Å². The maximum Gasteiger partial charge on any atom is 0.279 e. The van der Waals surface area contributed by atoms with Gasteiger partial charge in [-0.15, -0.1) is 0 Å². The summed E-state index contributed by atoms with van der Waals surface area (Å²) in [6, 6.07) is 10.4. The molecule has 1 aromatic rings. The van der Waals surface area contributed by atoms with Gasteiger partial charge in [-0.1, -0.05) is 37.3 Å². The fraction of sp³-hybridized carbons (Fsp3) is 0.667. The van der Waals surface area contributed by atoms with Gasteiger partial charge in [0.1, 0.15) is 0 Å². The van der Waals surface area contributed by atoms with E-state index in [4.69, 9.17) is 0 Å². The van der Waals surface area contributed by atoms with Crippen LogP contribution in [0.4, 0.5) is 0 Å². The van der Waals surface area contributed by atoms with Gasteiger partial charge in [0.2, 0.25) is 0 Å². The zero-order chi connectivity index (χ0) is 17.0. The number of hydrogen-bond acceptors (Lipinski definition) is 3. The monoisotopic (exact) mass is 351 g/mol. The minimum Gasteiger partial charge on any atom is -0.298 e. The van der Waals surface area contributed by atoms with E-state index in [0.29, 0.717) is 19.0 Å². The number of rotatable bonds is 5. The second-order valence-electron chi connectivity index (χ2n) is 7.29. The van der Waals surface area contributed by atoms with E-state index in [-0.39, 0.29) is 6.04 Å². The van der Waals surface area contributed by atoms with Gasteiger partial charge in [0.25, 0.3) is 10.2 Å². The standard InChI is InChI=1S/C18H29N3O2S/c1-16-7-5-12-21(13-16)24(22,23)19-18-10-6-11-20(15-18)14-17-8-3-2-4-9-17/h2-4,8-9,16,18-19H,5-7,10-15H2,1H3/t16-,18+/m0/s1. The molecular formula is C18H29N3O2S. The molecule has 5 nitrogen and oxygen atoms in total. The summed E-state index contributed by atoms with van der Waals surface area (Å²) >= 11 is 0. The number of piperidine rings is 2. The van der Waals surface area contributed by atoms with Gasteiger partial charge >= 0.3 is 0 Å². The molecule has 2 aliphatic heterocycles. The Labute approximate surface area is 146 Å². The largest absolute Gasteiger partial charge is 0.298 e. The van der Waals surface area contributed by atoms with Crippen LogP contribution in [0.2, 0.25) is 0 Å².